The Morgan fingerprint density at radius 1 is 1.64 bits per heavy atom. The Hall–Kier alpha value is -0.640. The van der Waals surface area contributed by atoms with E-state index in [9.17, 15) is 5.11 Å². The highest BCUT2D eigenvalue weighted by Crippen LogP contribution is 2.09. The summed E-state index contributed by atoms with van der Waals surface area (Å²) >= 11 is 0. The molecule has 0 aliphatic carbocycles. The van der Waals surface area contributed by atoms with Gasteiger partial charge in [-0.2, -0.15) is 0 Å². The normalized spacial score (nSPS) is 18.4. The van der Waals surface area contributed by atoms with Crippen molar-refractivity contribution in [3.05, 3.63) is 24.3 Å². The Labute approximate surface area is 86.1 Å². The molecule has 2 N–H and O–H groups in total. The van der Waals surface area contributed by atoms with Gasteiger partial charge < -0.3 is 10.4 Å². The van der Waals surface area contributed by atoms with Gasteiger partial charge in [0, 0.05) is 25.7 Å². The molecule has 1 heterocycles. The first kappa shape index (κ1) is 11.4. The quantitative estimate of drug-likeness (QED) is 0.485. The topological polar surface area (TPSA) is 35.5 Å². The summed E-state index contributed by atoms with van der Waals surface area (Å²) in [5.74, 6) is 0. The van der Waals surface area contributed by atoms with E-state index in [0.29, 0.717) is 6.04 Å². The molecule has 0 aromatic heterocycles. The van der Waals surface area contributed by atoms with Crippen molar-refractivity contribution in [3.63, 3.8) is 0 Å². The van der Waals surface area contributed by atoms with Gasteiger partial charge in [0.1, 0.15) is 0 Å². The van der Waals surface area contributed by atoms with Crippen molar-refractivity contribution >= 4 is 0 Å². The Morgan fingerprint density at radius 3 is 2.71 bits per heavy atom. The summed E-state index contributed by atoms with van der Waals surface area (Å²) in [7, 11) is 0. The van der Waals surface area contributed by atoms with Gasteiger partial charge in [-0.3, -0.25) is 4.90 Å². The van der Waals surface area contributed by atoms with Crippen molar-refractivity contribution in [2.45, 2.75) is 19.4 Å². The molecule has 1 aliphatic heterocycles. The second kappa shape index (κ2) is 5.96. The van der Waals surface area contributed by atoms with Gasteiger partial charge in [0.15, 0.2) is 0 Å². The maximum atomic E-state index is 9.22. The second-order valence-electron chi connectivity index (χ2n) is 3.61. The lowest BCUT2D eigenvalue weighted by Crippen LogP contribution is -2.57. The summed E-state index contributed by atoms with van der Waals surface area (Å²) in [4.78, 5) is 2.09. The molecule has 1 aliphatic rings. The summed E-state index contributed by atoms with van der Waals surface area (Å²) in [6.45, 7) is 8.80. The molecule has 0 saturated carbocycles. The highest BCUT2D eigenvalue weighted by atomic mass is 16.3. The molecule has 80 valence electrons. The van der Waals surface area contributed by atoms with Gasteiger partial charge >= 0.3 is 0 Å². The van der Waals surface area contributed by atoms with Crippen LogP contribution >= 0.6 is 0 Å². The predicted octanol–water partition coefficient (Wildman–Crippen LogP) is 0.732. The molecule has 0 unspecified atom stereocenters. The second-order valence-corrected chi connectivity index (χ2v) is 3.61. The summed E-state index contributed by atoms with van der Waals surface area (Å²) in [5.41, 5.74) is 1.32. The number of rotatable bonds is 6. The summed E-state index contributed by atoms with van der Waals surface area (Å²) in [6.07, 6.45) is 4.87. The van der Waals surface area contributed by atoms with Crippen molar-refractivity contribution in [2.75, 3.05) is 26.4 Å². The Morgan fingerprint density at radius 2 is 2.36 bits per heavy atom. The van der Waals surface area contributed by atoms with Crippen LogP contribution in [0.5, 0.6) is 0 Å². The van der Waals surface area contributed by atoms with E-state index in [1.165, 1.54) is 5.57 Å². The van der Waals surface area contributed by atoms with Crippen LogP contribution in [0.1, 0.15) is 13.3 Å². The van der Waals surface area contributed by atoms with Gasteiger partial charge in [-0.05, 0) is 6.42 Å². The third-order valence-electron chi connectivity index (χ3n) is 2.67. The van der Waals surface area contributed by atoms with E-state index < -0.39 is 0 Å². The van der Waals surface area contributed by atoms with Crippen LogP contribution in [0.25, 0.3) is 0 Å². The molecular formula is C11H20N2O. The van der Waals surface area contributed by atoms with Crippen LogP contribution in [0.4, 0.5) is 0 Å². The number of allylic oxidation sites excluding steroid dienone is 2. The Bertz CT molecular complexity index is 209. The number of nitrogens with zero attached hydrogens (tertiary/aromatic N) is 1. The molecule has 0 amide bonds. The van der Waals surface area contributed by atoms with Gasteiger partial charge in [0.2, 0.25) is 0 Å². The largest absolute Gasteiger partial charge is 0.381 e. The summed E-state index contributed by atoms with van der Waals surface area (Å²) in [6, 6.07) is 0.500. The number of hydrogen-bond acceptors (Lipinski definition) is 3. The average Bonchev–Trinajstić information content (AvgIpc) is 2.12. The number of hydrogen-bond donors (Lipinski definition) is 2. The molecule has 0 bridgehead atoms. The van der Waals surface area contributed by atoms with Crippen molar-refractivity contribution in [2.24, 2.45) is 0 Å². The predicted molar refractivity (Wildman–Crippen MR) is 59.0 cm³/mol. The molecule has 0 aromatic rings. The minimum absolute atomic E-state index is 0.140. The maximum absolute atomic E-state index is 9.22. The first-order chi connectivity index (χ1) is 6.81. The number of aliphatic hydroxyl groups is 1. The van der Waals surface area contributed by atoms with Crippen molar-refractivity contribution < 1.29 is 5.11 Å². The summed E-state index contributed by atoms with van der Waals surface area (Å²) in [5, 5.41) is 12.4. The van der Waals surface area contributed by atoms with E-state index in [-0.39, 0.29) is 6.73 Å². The highest BCUT2D eigenvalue weighted by Gasteiger charge is 2.23. The standard InChI is InChI=1S/C11H20N2O/c1-3-5-10(4-2)8-13(9-14)11-6-12-7-11/h3,5,11-12,14H,1,4,6-9H2,2H3/b10-5+. The van der Waals surface area contributed by atoms with Crippen LogP contribution in [0.15, 0.2) is 24.3 Å². The highest BCUT2D eigenvalue weighted by molar-refractivity contribution is 5.12. The van der Waals surface area contributed by atoms with Gasteiger partial charge in [-0.15, -0.1) is 0 Å². The monoisotopic (exact) mass is 196 g/mol. The minimum Gasteiger partial charge on any atom is -0.381 e. The Kier molecular flexibility index (Phi) is 4.87. The molecule has 1 rings (SSSR count). The van der Waals surface area contributed by atoms with Crippen LogP contribution in [0.2, 0.25) is 0 Å². The molecule has 3 nitrogen and oxygen atoms in total. The van der Waals surface area contributed by atoms with E-state index >= 15 is 0 Å². The zero-order chi connectivity index (χ0) is 10.4. The Balaban J connectivity index is 2.44. The van der Waals surface area contributed by atoms with Crippen LogP contribution in [-0.2, 0) is 0 Å². The van der Waals surface area contributed by atoms with Gasteiger partial charge in [0.05, 0.1) is 6.73 Å². The zero-order valence-electron chi connectivity index (χ0n) is 8.87. The maximum Gasteiger partial charge on any atom is 0.0962 e. The van der Waals surface area contributed by atoms with Gasteiger partial charge in [0.25, 0.3) is 0 Å². The smallest absolute Gasteiger partial charge is 0.0962 e. The first-order valence-corrected chi connectivity index (χ1v) is 5.17. The molecule has 1 fully saturated rings. The van der Waals surface area contributed by atoms with Crippen molar-refractivity contribution in [1.29, 1.82) is 0 Å². The lowest BCUT2D eigenvalue weighted by molar-refractivity contribution is 0.0531. The molecule has 1 saturated heterocycles. The van der Waals surface area contributed by atoms with Gasteiger partial charge in [-0.25, -0.2) is 0 Å². The van der Waals surface area contributed by atoms with Gasteiger partial charge in [-0.1, -0.05) is 31.2 Å². The number of nitrogens with one attached hydrogen (secondary N) is 1. The third kappa shape index (κ3) is 2.94. The molecule has 0 spiro atoms. The summed E-state index contributed by atoms with van der Waals surface area (Å²) < 4.78 is 0. The average molecular weight is 196 g/mol. The molecule has 0 aromatic carbocycles. The van der Waals surface area contributed by atoms with Crippen molar-refractivity contribution in [1.82, 2.24) is 10.2 Å². The molecule has 3 heteroatoms. The molecule has 14 heavy (non-hydrogen) atoms. The SMILES string of the molecule is C=C/C=C(\CC)CN(CO)C1CNC1. The van der Waals surface area contributed by atoms with E-state index in [2.05, 4.69) is 23.7 Å². The van der Waals surface area contributed by atoms with E-state index in [1.54, 1.807) is 0 Å². The van der Waals surface area contributed by atoms with Crippen LogP contribution in [-0.4, -0.2) is 42.4 Å². The van der Waals surface area contributed by atoms with E-state index in [4.69, 9.17) is 0 Å². The van der Waals surface area contributed by atoms with E-state index in [0.717, 1.165) is 26.1 Å². The van der Waals surface area contributed by atoms with Crippen LogP contribution < -0.4 is 5.32 Å². The lowest BCUT2D eigenvalue weighted by atomic mass is 10.1. The minimum atomic E-state index is 0.140. The fraction of sp³-hybridized carbons (Fsp3) is 0.636. The first-order valence-electron chi connectivity index (χ1n) is 5.17. The fourth-order valence-corrected chi connectivity index (χ4v) is 1.54. The molecule has 0 atom stereocenters. The fourth-order valence-electron chi connectivity index (χ4n) is 1.54. The van der Waals surface area contributed by atoms with E-state index in [1.807, 2.05) is 12.2 Å². The zero-order valence-corrected chi connectivity index (χ0v) is 8.87. The molecular weight excluding hydrogens is 176 g/mol. The third-order valence-corrected chi connectivity index (χ3v) is 2.67. The van der Waals surface area contributed by atoms with Crippen molar-refractivity contribution in [3.8, 4) is 0 Å². The number of aliphatic hydroxyl groups excluding tert-OH is 1. The lowest BCUT2D eigenvalue weighted by Gasteiger charge is -2.37. The van der Waals surface area contributed by atoms with Crippen LogP contribution in [0.3, 0.4) is 0 Å². The molecule has 0 radical (unpaired) electrons. The van der Waals surface area contributed by atoms with Crippen LogP contribution in [0, 0.1) is 0 Å².